The van der Waals surface area contributed by atoms with Gasteiger partial charge in [-0.1, -0.05) is 17.7 Å². The highest BCUT2D eigenvalue weighted by atomic mass is 19.1. The van der Waals surface area contributed by atoms with Gasteiger partial charge in [0, 0.05) is 0 Å². The molecular weight excluding hydrogens is 243 g/mol. The van der Waals surface area contributed by atoms with Crippen molar-refractivity contribution in [1.82, 2.24) is 0 Å². The molecule has 1 aromatic rings. The van der Waals surface area contributed by atoms with Crippen LogP contribution in [0.3, 0.4) is 0 Å². The molecule has 0 saturated heterocycles. The van der Waals surface area contributed by atoms with Crippen LogP contribution in [0.5, 0.6) is 0 Å². The number of carbonyl (C=O) groups excluding carboxylic acids is 1. The van der Waals surface area contributed by atoms with E-state index in [4.69, 9.17) is 4.74 Å². The second-order valence-electron chi connectivity index (χ2n) is 5.80. The lowest BCUT2D eigenvalue weighted by Crippen LogP contribution is -2.28. The van der Waals surface area contributed by atoms with E-state index in [2.05, 4.69) is 6.58 Å². The Morgan fingerprint density at radius 2 is 1.84 bits per heavy atom. The van der Waals surface area contributed by atoms with Crippen molar-refractivity contribution in [3.05, 3.63) is 47.8 Å². The fourth-order valence-electron chi connectivity index (χ4n) is 1.75. The molecule has 0 amide bonds. The molecule has 3 heteroatoms. The van der Waals surface area contributed by atoms with Crippen LogP contribution in [0.2, 0.25) is 0 Å². The van der Waals surface area contributed by atoms with Crippen LogP contribution in [0, 0.1) is 5.82 Å². The number of rotatable bonds is 4. The quantitative estimate of drug-likeness (QED) is 0.601. The molecule has 0 aliphatic carbocycles. The summed E-state index contributed by atoms with van der Waals surface area (Å²) in [6.45, 7) is 11.2. The molecule has 1 rings (SSSR count). The number of hydrogen-bond acceptors (Lipinski definition) is 2. The maximum atomic E-state index is 13.0. The molecule has 0 fully saturated rings. The van der Waals surface area contributed by atoms with E-state index in [0.29, 0.717) is 6.42 Å². The summed E-state index contributed by atoms with van der Waals surface area (Å²) in [6.07, 6.45) is 0.501. The Balaban J connectivity index is 2.97. The number of carbonyl (C=O) groups is 1. The summed E-state index contributed by atoms with van der Waals surface area (Å²) in [5.74, 6) is -1.05. The summed E-state index contributed by atoms with van der Waals surface area (Å²) in [5.41, 5.74) is 1.10. The lowest BCUT2D eigenvalue weighted by molar-refractivity contribution is -0.156. The Labute approximate surface area is 114 Å². The third-order valence-corrected chi connectivity index (χ3v) is 2.52. The molecule has 0 saturated carbocycles. The van der Waals surface area contributed by atoms with Crippen molar-refractivity contribution in [3.63, 3.8) is 0 Å². The summed E-state index contributed by atoms with van der Waals surface area (Å²) >= 11 is 0. The molecule has 1 aromatic carbocycles. The van der Waals surface area contributed by atoms with Crippen molar-refractivity contribution in [2.45, 2.75) is 45.6 Å². The second-order valence-corrected chi connectivity index (χ2v) is 5.80. The highest BCUT2D eigenvalue weighted by molar-refractivity contribution is 5.78. The summed E-state index contributed by atoms with van der Waals surface area (Å²) in [4.78, 5) is 12.2. The van der Waals surface area contributed by atoms with E-state index in [1.165, 1.54) is 12.1 Å². The van der Waals surface area contributed by atoms with Gasteiger partial charge in [-0.3, -0.25) is 4.79 Å². The Morgan fingerprint density at radius 3 is 2.26 bits per heavy atom. The molecule has 19 heavy (non-hydrogen) atoms. The van der Waals surface area contributed by atoms with Gasteiger partial charge < -0.3 is 4.74 Å². The van der Waals surface area contributed by atoms with Crippen molar-refractivity contribution in [2.24, 2.45) is 0 Å². The Hall–Kier alpha value is -1.64. The van der Waals surface area contributed by atoms with Crippen LogP contribution in [-0.2, 0) is 9.53 Å². The summed E-state index contributed by atoms with van der Waals surface area (Å²) < 4.78 is 18.4. The predicted octanol–water partition coefficient (Wildman–Crippen LogP) is 4.22. The van der Waals surface area contributed by atoms with Crippen LogP contribution in [-0.4, -0.2) is 11.6 Å². The number of allylic oxidation sites excluding steroid dienone is 1. The first kappa shape index (κ1) is 15.4. The molecule has 0 aliphatic heterocycles. The Morgan fingerprint density at radius 1 is 1.32 bits per heavy atom. The predicted molar refractivity (Wildman–Crippen MR) is 74.4 cm³/mol. The number of benzene rings is 1. The SMILES string of the molecule is C=C(C)CC(C(=O)OC(C)(C)C)c1ccc(F)cc1. The van der Waals surface area contributed by atoms with E-state index < -0.39 is 11.5 Å². The molecule has 1 unspecified atom stereocenters. The van der Waals surface area contributed by atoms with Gasteiger partial charge in [-0.2, -0.15) is 0 Å². The normalized spacial score (nSPS) is 12.9. The topological polar surface area (TPSA) is 26.3 Å². The van der Waals surface area contributed by atoms with E-state index in [-0.39, 0.29) is 11.8 Å². The second kappa shape index (κ2) is 6.00. The molecule has 0 radical (unpaired) electrons. The maximum absolute atomic E-state index is 13.0. The van der Waals surface area contributed by atoms with Gasteiger partial charge in [-0.05, 0) is 51.8 Å². The smallest absolute Gasteiger partial charge is 0.314 e. The zero-order chi connectivity index (χ0) is 14.6. The third-order valence-electron chi connectivity index (χ3n) is 2.52. The van der Waals surface area contributed by atoms with Crippen molar-refractivity contribution < 1.29 is 13.9 Å². The van der Waals surface area contributed by atoms with Crippen molar-refractivity contribution in [2.75, 3.05) is 0 Å². The van der Waals surface area contributed by atoms with Gasteiger partial charge >= 0.3 is 5.97 Å². The molecule has 0 aliphatic rings. The van der Waals surface area contributed by atoms with Crippen LogP contribution >= 0.6 is 0 Å². The molecule has 0 bridgehead atoms. The lowest BCUT2D eigenvalue weighted by Gasteiger charge is -2.24. The average molecular weight is 264 g/mol. The van der Waals surface area contributed by atoms with Gasteiger partial charge in [0.05, 0.1) is 5.92 Å². The van der Waals surface area contributed by atoms with Crippen LogP contribution in [0.4, 0.5) is 4.39 Å². The first-order chi connectivity index (χ1) is 8.69. The first-order valence-electron chi connectivity index (χ1n) is 6.32. The minimum Gasteiger partial charge on any atom is -0.459 e. The van der Waals surface area contributed by atoms with Crippen LogP contribution in [0.1, 0.15) is 45.6 Å². The van der Waals surface area contributed by atoms with Gasteiger partial charge in [0.15, 0.2) is 0 Å². The molecule has 1 atom stereocenters. The van der Waals surface area contributed by atoms with Crippen molar-refractivity contribution in [3.8, 4) is 0 Å². The first-order valence-corrected chi connectivity index (χ1v) is 6.32. The van der Waals surface area contributed by atoms with Gasteiger partial charge in [0.1, 0.15) is 11.4 Å². The summed E-state index contributed by atoms with van der Waals surface area (Å²) in [7, 11) is 0. The summed E-state index contributed by atoms with van der Waals surface area (Å²) in [6, 6.07) is 5.94. The summed E-state index contributed by atoms with van der Waals surface area (Å²) in [5, 5.41) is 0. The number of esters is 1. The minimum absolute atomic E-state index is 0.304. The zero-order valence-corrected chi connectivity index (χ0v) is 12.0. The van der Waals surface area contributed by atoms with E-state index in [1.54, 1.807) is 12.1 Å². The lowest BCUT2D eigenvalue weighted by atomic mass is 9.92. The monoisotopic (exact) mass is 264 g/mol. The molecule has 2 nitrogen and oxygen atoms in total. The molecule has 0 spiro atoms. The largest absolute Gasteiger partial charge is 0.459 e. The van der Waals surface area contributed by atoms with Gasteiger partial charge in [-0.25, -0.2) is 4.39 Å². The zero-order valence-electron chi connectivity index (χ0n) is 12.0. The number of halogens is 1. The van der Waals surface area contributed by atoms with E-state index >= 15 is 0 Å². The molecule has 104 valence electrons. The Bertz CT molecular complexity index is 455. The van der Waals surface area contributed by atoms with E-state index in [0.717, 1.165) is 11.1 Å². The van der Waals surface area contributed by atoms with Gasteiger partial charge in [0.2, 0.25) is 0 Å². The highest BCUT2D eigenvalue weighted by Gasteiger charge is 2.26. The third kappa shape index (κ3) is 5.25. The molecule has 0 heterocycles. The van der Waals surface area contributed by atoms with Crippen LogP contribution < -0.4 is 0 Å². The number of hydrogen-bond donors (Lipinski definition) is 0. The maximum Gasteiger partial charge on any atom is 0.314 e. The average Bonchev–Trinajstić information content (AvgIpc) is 2.24. The molecular formula is C16H21FO2. The van der Waals surface area contributed by atoms with Crippen molar-refractivity contribution >= 4 is 5.97 Å². The fraction of sp³-hybridized carbons (Fsp3) is 0.438. The van der Waals surface area contributed by atoms with Gasteiger partial charge in [-0.15, -0.1) is 6.58 Å². The highest BCUT2D eigenvalue weighted by Crippen LogP contribution is 2.26. The Kier molecular flexibility index (Phi) is 4.87. The standard InChI is InChI=1S/C16H21FO2/c1-11(2)10-14(15(18)19-16(3,4)5)12-6-8-13(17)9-7-12/h6-9,14H,1,10H2,2-5H3. The van der Waals surface area contributed by atoms with E-state index in [1.807, 2.05) is 27.7 Å². The molecule has 0 N–H and O–H groups in total. The fourth-order valence-corrected chi connectivity index (χ4v) is 1.75. The van der Waals surface area contributed by atoms with Crippen LogP contribution in [0.25, 0.3) is 0 Å². The minimum atomic E-state index is -0.537. The molecule has 0 aromatic heterocycles. The number of ether oxygens (including phenoxy) is 1. The van der Waals surface area contributed by atoms with Gasteiger partial charge in [0.25, 0.3) is 0 Å². The van der Waals surface area contributed by atoms with E-state index in [9.17, 15) is 9.18 Å². The van der Waals surface area contributed by atoms with Crippen LogP contribution in [0.15, 0.2) is 36.4 Å². The van der Waals surface area contributed by atoms with Crippen molar-refractivity contribution in [1.29, 1.82) is 0 Å².